The third-order valence-corrected chi connectivity index (χ3v) is 3.84. The quantitative estimate of drug-likeness (QED) is 0.667. The molecule has 0 aliphatic rings. The van der Waals surface area contributed by atoms with Crippen LogP contribution in [0.4, 0.5) is 0 Å². The number of halogens is 2. The second kappa shape index (κ2) is 4.74. The second-order valence-electron chi connectivity index (χ2n) is 3.90. The lowest BCUT2D eigenvalue weighted by Crippen LogP contribution is -2.49. The molecule has 0 bridgehead atoms. The Hall–Kier alpha value is -0.570. The summed E-state index contributed by atoms with van der Waals surface area (Å²) in [7, 11) is 0. The largest absolute Gasteiger partial charge is 0.387 e. The topological polar surface area (TPSA) is 37.3 Å². The van der Waals surface area contributed by atoms with Gasteiger partial charge in [0.1, 0.15) is 5.60 Å². The van der Waals surface area contributed by atoms with Crippen LogP contribution >= 0.6 is 23.2 Å². The van der Waals surface area contributed by atoms with Crippen molar-refractivity contribution in [3.05, 3.63) is 35.9 Å². The zero-order valence-electron chi connectivity index (χ0n) is 9.21. The molecule has 0 aliphatic heterocycles. The van der Waals surface area contributed by atoms with Crippen LogP contribution in [0.15, 0.2) is 30.3 Å². The molecule has 0 heterocycles. The van der Waals surface area contributed by atoms with Gasteiger partial charge in [0.25, 0.3) is 0 Å². The number of ketones is 1. The van der Waals surface area contributed by atoms with E-state index in [0.29, 0.717) is 12.0 Å². The van der Waals surface area contributed by atoms with Gasteiger partial charge in [0, 0.05) is 5.56 Å². The zero-order valence-corrected chi connectivity index (χ0v) is 10.7. The number of benzene rings is 1. The van der Waals surface area contributed by atoms with Gasteiger partial charge in [0.05, 0.1) is 0 Å². The van der Waals surface area contributed by atoms with Gasteiger partial charge in [-0.3, -0.25) is 4.79 Å². The molecule has 1 atom stereocenters. The molecular weight excluding hydrogens is 247 g/mol. The molecule has 0 saturated heterocycles. The molecule has 0 aromatic heterocycles. The Bertz CT molecular complexity index is 372. The fourth-order valence-electron chi connectivity index (χ4n) is 1.24. The summed E-state index contributed by atoms with van der Waals surface area (Å²) in [5, 5.41) is 10.00. The minimum absolute atomic E-state index is 0.290. The molecular formula is C12H14Cl2O2. The van der Waals surface area contributed by atoms with Crippen LogP contribution in [0.3, 0.4) is 0 Å². The minimum atomic E-state index is -1.83. The molecule has 2 nitrogen and oxygen atoms in total. The van der Waals surface area contributed by atoms with Crippen molar-refractivity contribution in [2.75, 3.05) is 0 Å². The summed E-state index contributed by atoms with van der Waals surface area (Å²) in [6.45, 7) is 3.17. The van der Waals surface area contributed by atoms with Gasteiger partial charge in [-0.15, -0.1) is 0 Å². The molecule has 16 heavy (non-hydrogen) atoms. The van der Waals surface area contributed by atoms with Gasteiger partial charge in [-0.05, 0) is 13.3 Å². The van der Waals surface area contributed by atoms with Gasteiger partial charge >= 0.3 is 0 Å². The van der Waals surface area contributed by atoms with Gasteiger partial charge in [-0.25, -0.2) is 0 Å². The summed E-state index contributed by atoms with van der Waals surface area (Å²) < 4.78 is -1.83. The maximum absolute atomic E-state index is 12.0. The summed E-state index contributed by atoms with van der Waals surface area (Å²) >= 11 is 12.0. The molecule has 0 aliphatic carbocycles. The van der Waals surface area contributed by atoms with E-state index >= 15 is 0 Å². The molecule has 0 radical (unpaired) electrons. The molecule has 1 unspecified atom stereocenters. The maximum Gasteiger partial charge on any atom is 0.208 e. The third kappa shape index (κ3) is 2.40. The van der Waals surface area contributed by atoms with Crippen molar-refractivity contribution >= 4 is 29.0 Å². The SMILES string of the molecule is CCC(C)(O)C(Cl)(Cl)C(=O)c1ccccc1. The fraction of sp³-hybridized carbons (Fsp3) is 0.417. The van der Waals surface area contributed by atoms with E-state index in [9.17, 15) is 9.90 Å². The van der Waals surface area contributed by atoms with E-state index in [0.717, 1.165) is 0 Å². The number of hydrogen-bond donors (Lipinski definition) is 1. The summed E-state index contributed by atoms with van der Waals surface area (Å²) in [5.41, 5.74) is -1.07. The number of Topliss-reactive ketones (excluding diaryl/α,β-unsaturated/α-hetero) is 1. The highest BCUT2D eigenvalue weighted by atomic mass is 35.5. The molecule has 1 N–H and O–H groups in total. The highest BCUT2D eigenvalue weighted by Crippen LogP contribution is 2.39. The normalized spacial score (nSPS) is 15.6. The van der Waals surface area contributed by atoms with E-state index in [4.69, 9.17) is 23.2 Å². The number of rotatable bonds is 4. The van der Waals surface area contributed by atoms with Gasteiger partial charge < -0.3 is 5.11 Å². The smallest absolute Gasteiger partial charge is 0.208 e. The Morgan fingerprint density at radius 1 is 1.31 bits per heavy atom. The standard InChI is InChI=1S/C12H14Cl2O2/c1-3-11(2,16)12(13,14)10(15)9-7-5-4-6-8-9/h4-8,16H,3H2,1-2H3. The van der Waals surface area contributed by atoms with Crippen LogP contribution in [0.1, 0.15) is 30.6 Å². The fourth-order valence-corrected chi connectivity index (χ4v) is 1.72. The molecule has 0 saturated carbocycles. The first-order valence-corrected chi connectivity index (χ1v) is 5.78. The molecule has 1 aromatic carbocycles. The number of carbonyl (C=O) groups is 1. The minimum Gasteiger partial charge on any atom is -0.387 e. The van der Waals surface area contributed by atoms with Crippen molar-refractivity contribution in [3.8, 4) is 0 Å². The molecule has 1 aromatic rings. The van der Waals surface area contributed by atoms with E-state index < -0.39 is 15.7 Å². The zero-order chi connectivity index (χ0) is 12.4. The molecule has 0 spiro atoms. The van der Waals surface area contributed by atoms with Gasteiger partial charge in [0.2, 0.25) is 10.1 Å². The van der Waals surface area contributed by atoms with Gasteiger partial charge in [-0.2, -0.15) is 0 Å². The highest BCUT2D eigenvalue weighted by Gasteiger charge is 2.49. The average Bonchev–Trinajstić information content (AvgIpc) is 2.29. The number of alkyl halides is 2. The lowest BCUT2D eigenvalue weighted by Gasteiger charge is -2.33. The Morgan fingerprint density at radius 3 is 2.25 bits per heavy atom. The summed E-state index contributed by atoms with van der Waals surface area (Å²) in [6.07, 6.45) is 0.290. The predicted octanol–water partition coefficient (Wildman–Crippen LogP) is 3.20. The van der Waals surface area contributed by atoms with Crippen LogP contribution in [-0.2, 0) is 0 Å². The summed E-state index contributed by atoms with van der Waals surface area (Å²) in [6, 6.07) is 8.47. The Balaban J connectivity index is 3.07. The highest BCUT2D eigenvalue weighted by molar-refractivity contribution is 6.60. The molecule has 4 heteroatoms. The van der Waals surface area contributed by atoms with Crippen molar-refractivity contribution in [2.24, 2.45) is 0 Å². The first-order chi connectivity index (χ1) is 7.33. The van der Waals surface area contributed by atoms with Crippen LogP contribution in [0, 0.1) is 0 Å². The first kappa shape index (κ1) is 13.5. The maximum atomic E-state index is 12.0. The van der Waals surface area contributed by atoms with Crippen LogP contribution in [0.2, 0.25) is 0 Å². The van der Waals surface area contributed by atoms with Crippen molar-refractivity contribution in [2.45, 2.75) is 30.2 Å². The predicted molar refractivity (Wildman–Crippen MR) is 66.1 cm³/mol. The molecule has 0 fully saturated rings. The van der Waals surface area contributed by atoms with Crippen LogP contribution in [0.5, 0.6) is 0 Å². The van der Waals surface area contributed by atoms with E-state index in [-0.39, 0.29) is 0 Å². The third-order valence-electron chi connectivity index (χ3n) is 2.69. The van der Waals surface area contributed by atoms with Gasteiger partial charge in [-0.1, -0.05) is 60.5 Å². The lowest BCUT2D eigenvalue weighted by atomic mass is 9.92. The van der Waals surface area contributed by atoms with E-state index in [1.165, 1.54) is 6.92 Å². The Labute approximate surface area is 105 Å². The monoisotopic (exact) mass is 260 g/mol. The van der Waals surface area contributed by atoms with Crippen molar-refractivity contribution < 1.29 is 9.90 Å². The Morgan fingerprint density at radius 2 is 1.81 bits per heavy atom. The van der Waals surface area contributed by atoms with Crippen molar-refractivity contribution in [1.82, 2.24) is 0 Å². The number of hydrogen-bond acceptors (Lipinski definition) is 2. The van der Waals surface area contributed by atoms with E-state index in [1.54, 1.807) is 37.3 Å². The van der Waals surface area contributed by atoms with Crippen LogP contribution in [-0.4, -0.2) is 20.8 Å². The second-order valence-corrected chi connectivity index (χ2v) is 5.22. The summed E-state index contributed by atoms with van der Waals surface area (Å²) in [5.74, 6) is -0.483. The van der Waals surface area contributed by atoms with Crippen molar-refractivity contribution in [3.63, 3.8) is 0 Å². The number of aliphatic hydroxyl groups is 1. The summed E-state index contributed by atoms with van der Waals surface area (Å²) in [4.78, 5) is 12.0. The molecule has 1 rings (SSSR count). The average molecular weight is 261 g/mol. The number of carbonyl (C=O) groups excluding carboxylic acids is 1. The van der Waals surface area contributed by atoms with Gasteiger partial charge in [0.15, 0.2) is 0 Å². The van der Waals surface area contributed by atoms with Crippen LogP contribution in [0.25, 0.3) is 0 Å². The first-order valence-electron chi connectivity index (χ1n) is 5.03. The van der Waals surface area contributed by atoms with E-state index in [1.807, 2.05) is 0 Å². The van der Waals surface area contributed by atoms with E-state index in [2.05, 4.69) is 0 Å². The Kier molecular flexibility index (Phi) is 4.00. The molecule has 0 amide bonds. The van der Waals surface area contributed by atoms with Crippen LogP contribution < -0.4 is 0 Å². The lowest BCUT2D eigenvalue weighted by molar-refractivity contribution is 0.0355. The molecule has 88 valence electrons. The van der Waals surface area contributed by atoms with Crippen molar-refractivity contribution in [1.29, 1.82) is 0 Å².